The summed E-state index contributed by atoms with van der Waals surface area (Å²) >= 11 is 1.56. The van der Waals surface area contributed by atoms with Crippen LogP contribution in [0.25, 0.3) is 10.3 Å². The average molecular weight is 380 g/mol. The molecule has 3 heterocycles. The van der Waals surface area contributed by atoms with Crippen LogP contribution in [0.3, 0.4) is 0 Å². The predicted molar refractivity (Wildman–Crippen MR) is 107 cm³/mol. The summed E-state index contributed by atoms with van der Waals surface area (Å²) in [5.41, 5.74) is 2.15. The number of carbonyl (C=O) groups is 2. The lowest BCUT2D eigenvalue weighted by molar-refractivity contribution is -0.120. The molecule has 1 atom stereocenters. The van der Waals surface area contributed by atoms with Crippen molar-refractivity contribution in [3.8, 4) is 0 Å². The van der Waals surface area contributed by atoms with Crippen LogP contribution in [0.5, 0.6) is 0 Å². The lowest BCUT2D eigenvalue weighted by Crippen LogP contribution is -2.40. The number of anilines is 2. The van der Waals surface area contributed by atoms with Gasteiger partial charge < -0.3 is 10.2 Å². The van der Waals surface area contributed by atoms with Crippen molar-refractivity contribution in [2.24, 2.45) is 5.92 Å². The summed E-state index contributed by atoms with van der Waals surface area (Å²) in [6, 6.07) is 10.9. The number of hydrogen-bond acceptors (Lipinski definition) is 6. The normalized spacial score (nSPS) is 17.1. The molecule has 138 valence electrons. The third kappa shape index (κ3) is 3.83. The first-order valence-electron chi connectivity index (χ1n) is 8.98. The van der Waals surface area contributed by atoms with Crippen molar-refractivity contribution in [1.82, 2.24) is 9.97 Å². The van der Waals surface area contributed by atoms with Crippen LogP contribution in [0.2, 0.25) is 0 Å². The van der Waals surface area contributed by atoms with Crippen molar-refractivity contribution in [3.63, 3.8) is 0 Å². The Morgan fingerprint density at radius 2 is 2.15 bits per heavy atom. The molecular formula is C20H20N4O2S. The number of ketones is 1. The quantitative estimate of drug-likeness (QED) is 0.698. The Hall–Kier alpha value is -2.80. The van der Waals surface area contributed by atoms with Crippen LogP contribution >= 0.6 is 11.3 Å². The van der Waals surface area contributed by atoms with Crippen molar-refractivity contribution in [1.29, 1.82) is 0 Å². The van der Waals surface area contributed by atoms with E-state index in [2.05, 4.69) is 20.2 Å². The number of rotatable bonds is 4. The van der Waals surface area contributed by atoms with E-state index in [1.807, 2.05) is 18.2 Å². The fraction of sp³-hybridized carbons (Fsp3) is 0.300. The molecule has 0 aliphatic carbocycles. The SMILES string of the molecule is CC(=O)c1cccc(NC(=O)C2CCCN(c3nc4cccnc4s3)C2)c1. The van der Waals surface area contributed by atoms with Gasteiger partial charge in [-0.25, -0.2) is 9.97 Å². The minimum absolute atomic E-state index is 0.0142. The molecule has 1 aromatic carbocycles. The van der Waals surface area contributed by atoms with E-state index in [4.69, 9.17) is 0 Å². The molecule has 0 bridgehead atoms. The number of nitrogens with one attached hydrogen (secondary N) is 1. The summed E-state index contributed by atoms with van der Waals surface area (Å²) in [5.74, 6) is -0.140. The first kappa shape index (κ1) is 17.6. The van der Waals surface area contributed by atoms with Crippen LogP contribution < -0.4 is 10.2 Å². The van der Waals surface area contributed by atoms with E-state index in [0.717, 1.165) is 34.9 Å². The van der Waals surface area contributed by atoms with E-state index in [-0.39, 0.29) is 17.6 Å². The van der Waals surface area contributed by atoms with E-state index >= 15 is 0 Å². The van der Waals surface area contributed by atoms with Gasteiger partial charge in [0.2, 0.25) is 5.91 Å². The molecule has 1 unspecified atom stereocenters. The number of pyridine rings is 1. The van der Waals surface area contributed by atoms with Gasteiger partial charge in [0, 0.05) is 30.5 Å². The maximum absolute atomic E-state index is 12.7. The monoisotopic (exact) mass is 380 g/mol. The molecule has 0 saturated carbocycles. The summed E-state index contributed by atoms with van der Waals surface area (Å²) in [7, 11) is 0. The van der Waals surface area contributed by atoms with Gasteiger partial charge in [-0.3, -0.25) is 9.59 Å². The predicted octanol–water partition coefficient (Wildman–Crippen LogP) is 3.75. The molecule has 1 amide bonds. The highest BCUT2D eigenvalue weighted by atomic mass is 32.1. The second kappa shape index (κ2) is 7.44. The molecule has 0 radical (unpaired) electrons. The van der Waals surface area contributed by atoms with Gasteiger partial charge in [-0.05, 0) is 44.0 Å². The summed E-state index contributed by atoms with van der Waals surface area (Å²) in [5, 5.41) is 3.87. The fourth-order valence-electron chi connectivity index (χ4n) is 3.32. The van der Waals surface area contributed by atoms with E-state index in [1.54, 1.807) is 35.7 Å². The molecular weight excluding hydrogens is 360 g/mol. The number of thiazole rings is 1. The highest BCUT2D eigenvalue weighted by Crippen LogP contribution is 2.30. The first-order chi connectivity index (χ1) is 13.1. The van der Waals surface area contributed by atoms with E-state index in [1.165, 1.54) is 6.92 Å². The van der Waals surface area contributed by atoms with E-state index in [0.29, 0.717) is 17.8 Å². The molecule has 1 fully saturated rings. The number of carbonyl (C=O) groups excluding carboxylic acids is 2. The number of Topliss-reactive ketones (excluding diaryl/α,β-unsaturated/α-hetero) is 1. The van der Waals surface area contributed by atoms with Crippen molar-refractivity contribution >= 4 is 44.2 Å². The second-order valence-corrected chi connectivity index (χ2v) is 7.69. The fourth-order valence-corrected chi connectivity index (χ4v) is 4.26. The Labute approximate surface area is 161 Å². The molecule has 1 aliphatic heterocycles. The van der Waals surface area contributed by atoms with Gasteiger partial charge >= 0.3 is 0 Å². The number of aromatic nitrogens is 2. The van der Waals surface area contributed by atoms with Gasteiger partial charge in [0.25, 0.3) is 0 Å². The number of piperidine rings is 1. The summed E-state index contributed by atoms with van der Waals surface area (Å²) in [6.07, 6.45) is 3.55. The molecule has 1 N–H and O–H groups in total. The number of benzene rings is 1. The molecule has 3 aromatic rings. The Morgan fingerprint density at radius 1 is 1.26 bits per heavy atom. The van der Waals surface area contributed by atoms with Crippen molar-refractivity contribution in [2.45, 2.75) is 19.8 Å². The Bertz CT molecular complexity index is 967. The Balaban J connectivity index is 1.46. The molecule has 1 saturated heterocycles. The van der Waals surface area contributed by atoms with Gasteiger partial charge in [0.1, 0.15) is 10.3 Å². The zero-order valence-corrected chi connectivity index (χ0v) is 15.8. The van der Waals surface area contributed by atoms with Crippen molar-refractivity contribution < 1.29 is 9.59 Å². The molecule has 27 heavy (non-hydrogen) atoms. The molecule has 1 aliphatic rings. The average Bonchev–Trinajstić information content (AvgIpc) is 3.12. The lowest BCUT2D eigenvalue weighted by Gasteiger charge is -2.31. The van der Waals surface area contributed by atoms with Gasteiger partial charge in [0.05, 0.1) is 5.92 Å². The van der Waals surface area contributed by atoms with Crippen molar-refractivity contribution in [3.05, 3.63) is 48.2 Å². The second-order valence-electron chi connectivity index (χ2n) is 6.74. The van der Waals surface area contributed by atoms with Gasteiger partial charge in [-0.15, -0.1) is 0 Å². The third-order valence-electron chi connectivity index (χ3n) is 4.75. The number of amides is 1. The zero-order valence-electron chi connectivity index (χ0n) is 15.0. The van der Waals surface area contributed by atoms with Crippen LogP contribution in [0.4, 0.5) is 10.8 Å². The first-order valence-corrected chi connectivity index (χ1v) is 9.80. The number of nitrogens with zero attached hydrogens (tertiary/aromatic N) is 3. The number of fused-ring (bicyclic) bond motifs is 1. The van der Waals surface area contributed by atoms with E-state index < -0.39 is 0 Å². The molecule has 2 aromatic heterocycles. The van der Waals surface area contributed by atoms with Gasteiger partial charge in [-0.2, -0.15) is 0 Å². The van der Waals surface area contributed by atoms with Gasteiger partial charge in [-0.1, -0.05) is 23.5 Å². The Morgan fingerprint density at radius 3 is 2.96 bits per heavy atom. The topological polar surface area (TPSA) is 75.2 Å². The largest absolute Gasteiger partial charge is 0.347 e. The van der Waals surface area contributed by atoms with Crippen LogP contribution in [0.15, 0.2) is 42.6 Å². The summed E-state index contributed by atoms with van der Waals surface area (Å²) < 4.78 is 0. The highest BCUT2D eigenvalue weighted by molar-refractivity contribution is 7.21. The minimum Gasteiger partial charge on any atom is -0.347 e. The maximum atomic E-state index is 12.7. The highest BCUT2D eigenvalue weighted by Gasteiger charge is 2.27. The van der Waals surface area contributed by atoms with Crippen LogP contribution in [-0.4, -0.2) is 34.7 Å². The molecule has 4 rings (SSSR count). The molecule has 0 spiro atoms. The van der Waals surface area contributed by atoms with E-state index in [9.17, 15) is 9.59 Å². The maximum Gasteiger partial charge on any atom is 0.229 e. The third-order valence-corrected chi connectivity index (χ3v) is 5.79. The molecule has 7 heteroatoms. The smallest absolute Gasteiger partial charge is 0.229 e. The minimum atomic E-state index is -0.111. The summed E-state index contributed by atoms with van der Waals surface area (Å²) in [4.78, 5) is 36.4. The molecule has 6 nitrogen and oxygen atoms in total. The van der Waals surface area contributed by atoms with Gasteiger partial charge in [0.15, 0.2) is 10.9 Å². The van der Waals surface area contributed by atoms with Crippen LogP contribution in [0.1, 0.15) is 30.1 Å². The standard InChI is InChI=1S/C20H20N4O2S/c1-13(25)14-5-2-7-16(11-14)22-18(26)15-6-4-10-24(12-15)20-23-17-8-3-9-21-19(17)27-20/h2-3,5,7-9,11,15H,4,6,10,12H2,1H3,(H,22,26). The van der Waals surface area contributed by atoms with Crippen molar-refractivity contribution in [2.75, 3.05) is 23.3 Å². The van der Waals surface area contributed by atoms with Crippen LogP contribution in [-0.2, 0) is 4.79 Å². The summed E-state index contributed by atoms with van der Waals surface area (Å²) in [6.45, 7) is 3.05. The van der Waals surface area contributed by atoms with Crippen LogP contribution in [0, 0.1) is 5.92 Å². The lowest BCUT2D eigenvalue weighted by atomic mass is 9.97. The Kier molecular flexibility index (Phi) is 4.85. The zero-order chi connectivity index (χ0) is 18.8. The number of hydrogen-bond donors (Lipinski definition) is 1.